The van der Waals surface area contributed by atoms with Crippen LogP contribution in [0.2, 0.25) is 0 Å². The van der Waals surface area contributed by atoms with Gasteiger partial charge in [-0.25, -0.2) is 4.79 Å². The standard InChI is InChI=1S/C14H16O2S2/c15-14(16)10-4-3-9(12(17)13(10)18)11-6-7-1-2-8(11)5-7/h3-4,7-8,11,17-18H,1-2,5-6H2,(H,15,16). The topological polar surface area (TPSA) is 37.3 Å². The fraction of sp³-hybridized carbons (Fsp3) is 0.500. The van der Waals surface area contributed by atoms with E-state index in [0.29, 0.717) is 10.8 Å². The molecule has 2 aliphatic carbocycles. The Labute approximate surface area is 118 Å². The summed E-state index contributed by atoms with van der Waals surface area (Å²) >= 11 is 8.83. The second-order valence-corrected chi connectivity index (χ2v) is 6.38. The Bertz CT molecular complexity index is 513. The Kier molecular flexibility index (Phi) is 3.10. The Morgan fingerprint density at radius 2 is 1.94 bits per heavy atom. The van der Waals surface area contributed by atoms with Crippen LogP contribution in [0.1, 0.15) is 47.5 Å². The zero-order valence-corrected chi connectivity index (χ0v) is 11.8. The van der Waals surface area contributed by atoms with E-state index in [4.69, 9.17) is 5.11 Å². The molecule has 0 aromatic heterocycles. The molecule has 2 aliphatic rings. The van der Waals surface area contributed by atoms with Gasteiger partial charge in [0.2, 0.25) is 0 Å². The largest absolute Gasteiger partial charge is 0.478 e. The van der Waals surface area contributed by atoms with Crippen molar-refractivity contribution in [3.8, 4) is 0 Å². The summed E-state index contributed by atoms with van der Waals surface area (Å²) in [6.07, 6.45) is 5.24. The van der Waals surface area contributed by atoms with Crippen molar-refractivity contribution in [2.75, 3.05) is 0 Å². The summed E-state index contributed by atoms with van der Waals surface area (Å²) in [5.41, 5.74) is 1.44. The van der Waals surface area contributed by atoms with Crippen LogP contribution in [0.3, 0.4) is 0 Å². The van der Waals surface area contributed by atoms with Gasteiger partial charge in [-0.05, 0) is 48.6 Å². The molecule has 4 heteroatoms. The molecule has 0 aliphatic heterocycles. The predicted octanol–water partition coefficient (Wildman–Crippen LogP) is 3.87. The first kappa shape index (κ1) is 12.4. The highest BCUT2D eigenvalue weighted by molar-refractivity contribution is 7.83. The van der Waals surface area contributed by atoms with Gasteiger partial charge < -0.3 is 5.11 Å². The van der Waals surface area contributed by atoms with Crippen LogP contribution in [0.25, 0.3) is 0 Å². The minimum atomic E-state index is -0.935. The predicted molar refractivity (Wildman–Crippen MR) is 76.1 cm³/mol. The third-order valence-electron chi connectivity index (χ3n) is 4.55. The number of hydrogen-bond donors (Lipinski definition) is 3. The highest BCUT2D eigenvalue weighted by atomic mass is 32.1. The first-order valence-electron chi connectivity index (χ1n) is 6.36. The molecule has 0 spiro atoms. The van der Waals surface area contributed by atoms with Crippen LogP contribution in [-0.4, -0.2) is 11.1 Å². The Morgan fingerprint density at radius 3 is 2.50 bits per heavy atom. The first-order chi connectivity index (χ1) is 8.58. The Morgan fingerprint density at radius 1 is 1.17 bits per heavy atom. The summed E-state index contributed by atoms with van der Waals surface area (Å²) in [4.78, 5) is 12.3. The highest BCUT2D eigenvalue weighted by Crippen LogP contribution is 2.54. The lowest BCUT2D eigenvalue weighted by atomic mass is 9.83. The normalized spacial score (nSPS) is 29.8. The smallest absolute Gasteiger partial charge is 0.336 e. The number of carboxylic acid groups (broad SMARTS) is 1. The van der Waals surface area contributed by atoms with Crippen LogP contribution in [0, 0.1) is 11.8 Å². The molecule has 1 aromatic carbocycles. The van der Waals surface area contributed by atoms with Crippen LogP contribution in [0.5, 0.6) is 0 Å². The van der Waals surface area contributed by atoms with Gasteiger partial charge in [0.1, 0.15) is 0 Å². The first-order valence-corrected chi connectivity index (χ1v) is 7.25. The van der Waals surface area contributed by atoms with Crippen LogP contribution in [0.4, 0.5) is 0 Å². The van der Waals surface area contributed by atoms with E-state index >= 15 is 0 Å². The number of benzene rings is 1. The quantitative estimate of drug-likeness (QED) is 0.719. The van der Waals surface area contributed by atoms with E-state index in [-0.39, 0.29) is 5.56 Å². The van der Waals surface area contributed by atoms with Gasteiger partial charge in [0, 0.05) is 9.79 Å². The molecule has 3 rings (SSSR count). The van der Waals surface area contributed by atoms with Crippen LogP contribution >= 0.6 is 25.3 Å². The van der Waals surface area contributed by atoms with Crippen molar-refractivity contribution in [1.82, 2.24) is 0 Å². The van der Waals surface area contributed by atoms with Crippen LogP contribution in [0.15, 0.2) is 21.9 Å². The van der Waals surface area contributed by atoms with E-state index in [1.807, 2.05) is 6.07 Å². The second kappa shape index (κ2) is 4.49. The van der Waals surface area contributed by atoms with E-state index in [1.54, 1.807) is 6.07 Å². The fourth-order valence-corrected chi connectivity index (χ4v) is 4.35. The number of carboxylic acids is 1. The van der Waals surface area contributed by atoms with Gasteiger partial charge in [0.25, 0.3) is 0 Å². The summed E-state index contributed by atoms with van der Waals surface area (Å²) in [6, 6.07) is 3.61. The molecule has 18 heavy (non-hydrogen) atoms. The number of thiol groups is 2. The molecule has 0 radical (unpaired) electrons. The van der Waals surface area contributed by atoms with Crippen molar-refractivity contribution >= 4 is 31.2 Å². The van der Waals surface area contributed by atoms with E-state index in [9.17, 15) is 4.79 Å². The van der Waals surface area contributed by atoms with Gasteiger partial charge in [-0.15, -0.1) is 25.3 Å². The van der Waals surface area contributed by atoms with E-state index in [2.05, 4.69) is 25.3 Å². The van der Waals surface area contributed by atoms with Crippen molar-refractivity contribution in [3.63, 3.8) is 0 Å². The van der Waals surface area contributed by atoms with Gasteiger partial charge in [-0.2, -0.15) is 0 Å². The van der Waals surface area contributed by atoms with Gasteiger partial charge in [-0.1, -0.05) is 12.5 Å². The summed E-state index contributed by atoms with van der Waals surface area (Å²) < 4.78 is 0. The van der Waals surface area contributed by atoms with Crippen LogP contribution in [-0.2, 0) is 0 Å². The van der Waals surface area contributed by atoms with E-state index < -0.39 is 5.97 Å². The molecule has 0 saturated heterocycles. The van der Waals surface area contributed by atoms with Crippen molar-refractivity contribution in [1.29, 1.82) is 0 Å². The molecule has 0 heterocycles. The maximum atomic E-state index is 11.1. The molecular weight excluding hydrogens is 264 g/mol. The fourth-order valence-electron chi connectivity index (χ4n) is 3.69. The zero-order valence-electron chi connectivity index (χ0n) is 9.97. The van der Waals surface area contributed by atoms with Crippen molar-refractivity contribution in [2.24, 2.45) is 11.8 Å². The molecule has 96 valence electrons. The molecule has 2 nitrogen and oxygen atoms in total. The average molecular weight is 280 g/mol. The SMILES string of the molecule is O=C(O)c1ccc(C2CC3CCC2C3)c(S)c1S. The summed E-state index contributed by atoms with van der Waals surface area (Å²) in [5.74, 6) is 1.26. The minimum Gasteiger partial charge on any atom is -0.478 e. The second-order valence-electron chi connectivity index (χ2n) is 5.49. The number of rotatable bonds is 2. The molecule has 1 aromatic rings. The Hall–Kier alpha value is -0.610. The van der Waals surface area contributed by atoms with Crippen molar-refractivity contribution < 1.29 is 9.90 Å². The van der Waals surface area contributed by atoms with Gasteiger partial charge >= 0.3 is 5.97 Å². The van der Waals surface area contributed by atoms with Gasteiger partial charge in [-0.3, -0.25) is 0 Å². The molecule has 1 N–H and O–H groups in total. The van der Waals surface area contributed by atoms with Gasteiger partial charge in [0.15, 0.2) is 0 Å². The maximum absolute atomic E-state index is 11.1. The van der Waals surface area contributed by atoms with E-state index in [1.165, 1.54) is 31.2 Å². The highest BCUT2D eigenvalue weighted by Gasteiger charge is 2.41. The number of fused-ring (bicyclic) bond motifs is 2. The van der Waals surface area contributed by atoms with Crippen molar-refractivity contribution in [3.05, 3.63) is 23.3 Å². The molecule has 3 unspecified atom stereocenters. The Balaban J connectivity index is 1.99. The lowest BCUT2D eigenvalue weighted by Crippen LogP contribution is -2.10. The molecular formula is C14H16O2S2. The zero-order chi connectivity index (χ0) is 12.9. The molecule has 2 fully saturated rings. The minimum absolute atomic E-state index is 0.246. The molecule has 3 atom stereocenters. The maximum Gasteiger partial charge on any atom is 0.336 e. The average Bonchev–Trinajstić information content (AvgIpc) is 2.94. The molecule has 2 bridgehead atoms. The van der Waals surface area contributed by atoms with Crippen LogP contribution < -0.4 is 0 Å². The third-order valence-corrected chi connectivity index (χ3v) is 5.67. The summed E-state index contributed by atoms with van der Waals surface area (Å²) in [7, 11) is 0. The van der Waals surface area contributed by atoms with E-state index in [0.717, 1.165) is 16.7 Å². The number of carbonyl (C=O) groups is 1. The lowest BCUT2D eigenvalue weighted by molar-refractivity contribution is 0.0692. The monoisotopic (exact) mass is 280 g/mol. The lowest BCUT2D eigenvalue weighted by Gasteiger charge is -2.24. The van der Waals surface area contributed by atoms with Crippen molar-refractivity contribution in [2.45, 2.75) is 41.4 Å². The summed E-state index contributed by atoms with van der Waals surface area (Å²) in [6.45, 7) is 0. The summed E-state index contributed by atoms with van der Waals surface area (Å²) in [5, 5.41) is 9.07. The third kappa shape index (κ3) is 1.86. The van der Waals surface area contributed by atoms with Gasteiger partial charge in [0.05, 0.1) is 5.56 Å². The molecule has 0 amide bonds. The number of hydrogen-bond acceptors (Lipinski definition) is 3. The number of aromatic carboxylic acids is 1. The molecule has 2 saturated carbocycles.